The molecule has 0 radical (unpaired) electrons. The van der Waals surface area contributed by atoms with Gasteiger partial charge >= 0.3 is 0 Å². The molecule has 144 valence electrons. The van der Waals surface area contributed by atoms with E-state index in [9.17, 15) is 5.11 Å². The molecular weight excluding hydrogens is 310 g/mol. The van der Waals surface area contributed by atoms with E-state index in [1.807, 2.05) is 6.92 Å². The number of hydrogen-bond acceptors (Lipinski definition) is 3. The van der Waals surface area contributed by atoms with Crippen molar-refractivity contribution in [2.24, 2.45) is 4.99 Å². The Morgan fingerprint density at radius 2 is 1.60 bits per heavy atom. The van der Waals surface area contributed by atoms with Gasteiger partial charge in [-0.1, -0.05) is 63.3 Å². The molecule has 0 bridgehead atoms. The molecule has 1 aliphatic rings. The van der Waals surface area contributed by atoms with Gasteiger partial charge in [0.25, 0.3) is 0 Å². The first-order chi connectivity index (χ1) is 12.2. The van der Waals surface area contributed by atoms with Gasteiger partial charge in [-0.2, -0.15) is 0 Å². The number of allylic oxidation sites excluding steroid dienone is 4. The summed E-state index contributed by atoms with van der Waals surface area (Å²) in [6, 6.07) is 0. The summed E-state index contributed by atoms with van der Waals surface area (Å²) in [5.74, 6) is 0.835. The van der Waals surface area contributed by atoms with E-state index < -0.39 is 5.54 Å². The van der Waals surface area contributed by atoms with Crippen LogP contribution in [0.1, 0.15) is 90.9 Å². The summed E-state index contributed by atoms with van der Waals surface area (Å²) in [6.07, 6.45) is 23.9. The Balaban J connectivity index is 1.87. The highest BCUT2D eigenvalue weighted by molar-refractivity contribution is 5.78. The fraction of sp³-hybridized carbons (Fsp3) is 0.773. The molecule has 1 N–H and O–H groups in total. The lowest BCUT2D eigenvalue weighted by molar-refractivity contribution is 0.169. The van der Waals surface area contributed by atoms with Crippen molar-refractivity contribution in [3.63, 3.8) is 0 Å². The van der Waals surface area contributed by atoms with Gasteiger partial charge < -0.3 is 9.84 Å². The van der Waals surface area contributed by atoms with Crippen LogP contribution >= 0.6 is 0 Å². The van der Waals surface area contributed by atoms with Crippen LogP contribution in [0.5, 0.6) is 0 Å². The molecule has 0 aromatic heterocycles. The predicted molar refractivity (Wildman–Crippen MR) is 108 cm³/mol. The Bertz CT molecular complexity index is 414. The third-order valence-corrected chi connectivity index (χ3v) is 4.63. The van der Waals surface area contributed by atoms with Crippen molar-refractivity contribution in [3.8, 4) is 0 Å². The summed E-state index contributed by atoms with van der Waals surface area (Å²) in [7, 11) is 0. The van der Waals surface area contributed by atoms with Crippen LogP contribution in [-0.2, 0) is 4.74 Å². The molecule has 1 atom stereocenters. The molecule has 0 saturated carbocycles. The lowest BCUT2D eigenvalue weighted by atomic mass is 10.1. The van der Waals surface area contributed by atoms with E-state index >= 15 is 0 Å². The van der Waals surface area contributed by atoms with Crippen molar-refractivity contribution in [2.75, 3.05) is 13.2 Å². The zero-order valence-corrected chi connectivity index (χ0v) is 16.5. The topological polar surface area (TPSA) is 41.8 Å². The smallest absolute Gasteiger partial charge is 0.184 e. The van der Waals surface area contributed by atoms with Crippen LogP contribution in [0.2, 0.25) is 0 Å². The number of hydrogen-bond donors (Lipinski definition) is 1. The minimum Gasteiger partial charge on any atom is -0.478 e. The highest BCUT2D eigenvalue weighted by Crippen LogP contribution is 2.20. The molecule has 1 unspecified atom stereocenters. The first-order valence-corrected chi connectivity index (χ1v) is 10.3. The summed E-state index contributed by atoms with van der Waals surface area (Å²) in [5.41, 5.74) is -0.396. The Labute approximate surface area is 155 Å². The molecule has 1 aliphatic heterocycles. The van der Waals surface area contributed by atoms with Gasteiger partial charge in [-0.05, 0) is 45.4 Å². The lowest BCUT2D eigenvalue weighted by Crippen LogP contribution is -2.28. The number of ether oxygens (including phenoxy) is 1. The molecule has 25 heavy (non-hydrogen) atoms. The average Bonchev–Trinajstić information content (AvgIpc) is 3.00. The molecule has 0 aliphatic carbocycles. The SMILES string of the molecule is CCCCCC=CCC=CCCCCCCCC1=NC(C)(CO)CO1. The summed E-state index contributed by atoms with van der Waals surface area (Å²) in [6.45, 7) is 4.78. The summed E-state index contributed by atoms with van der Waals surface area (Å²) in [5, 5.41) is 9.25. The fourth-order valence-electron chi connectivity index (χ4n) is 2.90. The molecular formula is C22H39NO2. The van der Waals surface area contributed by atoms with Crippen molar-refractivity contribution >= 4 is 5.90 Å². The first kappa shape index (κ1) is 22.0. The average molecular weight is 350 g/mol. The van der Waals surface area contributed by atoms with Crippen molar-refractivity contribution in [2.45, 2.75) is 96.4 Å². The van der Waals surface area contributed by atoms with Crippen LogP contribution in [0.15, 0.2) is 29.3 Å². The van der Waals surface area contributed by atoms with Crippen LogP contribution in [0.25, 0.3) is 0 Å². The minimum absolute atomic E-state index is 0.0681. The predicted octanol–water partition coefficient (Wildman–Crippen LogP) is 5.98. The lowest BCUT2D eigenvalue weighted by Gasteiger charge is -2.12. The quantitative estimate of drug-likeness (QED) is 0.292. The van der Waals surface area contributed by atoms with Crippen LogP contribution in [0.3, 0.4) is 0 Å². The molecule has 3 nitrogen and oxygen atoms in total. The molecule has 1 heterocycles. The highest BCUT2D eigenvalue weighted by Gasteiger charge is 2.30. The van der Waals surface area contributed by atoms with E-state index in [1.54, 1.807) is 0 Å². The second kappa shape index (κ2) is 14.1. The number of unbranched alkanes of at least 4 members (excludes halogenated alkanes) is 8. The van der Waals surface area contributed by atoms with Crippen molar-refractivity contribution in [3.05, 3.63) is 24.3 Å². The van der Waals surface area contributed by atoms with E-state index in [2.05, 4.69) is 36.2 Å². The van der Waals surface area contributed by atoms with Gasteiger partial charge in [-0.25, -0.2) is 4.99 Å². The van der Waals surface area contributed by atoms with Crippen molar-refractivity contribution < 1.29 is 9.84 Å². The molecule has 0 spiro atoms. The monoisotopic (exact) mass is 349 g/mol. The summed E-state index contributed by atoms with van der Waals surface area (Å²) < 4.78 is 5.55. The normalized spacial score (nSPS) is 20.5. The third-order valence-electron chi connectivity index (χ3n) is 4.63. The molecule has 0 aromatic carbocycles. The fourth-order valence-corrected chi connectivity index (χ4v) is 2.90. The Morgan fingerprint density at radius 3 is 2.24 bits per heavy atom. The molecule has 0 fully saturated rings. The second-order valence-corrected chi connectivity index (χ2v) is 7.43. The number of aliphatic imine (C=N–C) groups is 1. The van der Waals surface area contributed by atoms with Crippen molar-refractivity contribution in [1.29, 1.82) is 0 Å². The van der Waals surface area contributed by atoms with Crippen LogP contribution in [-0.4, -0.2) is 29.8 Å². The zero-order chi connectivity index (χ0) is 18.2. The number of aliphatic hydroxyl groups excluding tert-OH is 1. The molecule has 3 heteroatoms. The maximum Gasteiger partial charge on any atom is 0.184 e. The summed E-state index contributed by atoms with van der Waals surface area (Å²) >= 11 is 0. The van der Waals surface area contributed by atoms with Gasteiger partial charge in [0, 0.05) is 6.42 Å². The molecule has 1 rings (SSSR count). The van der Waals surface area contributed by atoms with Gasteiger partial charge in [-0.15, -0.1) is 0 Å². The number of nitrogens with zero attached hydrogens (tertiary/aromatic N) is 1. The van der Waals surface area contributed by atoms with Crippen LogP contribution < -0.4 is 0 Å². The second-order valence-electron chi connectivity index (χ2n) is 7.43. The molecule has 0 saturated heterocycles. The Morgan fingerprint density at radius 1 is 0.960 bits per heavy atom. The Kier molecular flexibility index (Phi) is 12.4. The first-order valence-electron chi connectivity index (χ1n) is 10.3. The maximum atomic E-state index is 9.25. The van der Waals surface area contributed by atoms with Gasteiger partial charge in [0.05, 0.1) is 6.61 Å². The van der Waals surface area contributed by atoms with Gasteiger partial charge in [0.1, 0.15) is 12.1 Å². The standard InChI is InChI=1S/C22H39NO2/c1-3-4-5-6-7-8-9-10-11-12-13-14-15-16-17-18-21-23-22(2,19-24)20-25-21/h7-8,10-11,24H,3-6,9,12-20H2,1-2H3. The van der Waals surface area contributed by atoms with E-state index in [-0.39, 0.29) is 6.61 Å². The molecule has 0 aromatic rings. The van der Waals surface area contributed by atoms with Crippen LogP contribution in [0.4, 0.5) is 0 Å². The number of rotatable bonds is 15. The maximum absolute atomic E-state index is 9.25. The Hall–Kier alpha value is -1.09. The van der Waals surface area contributed by atoms with E-state index in [4.69, 9.17) is 4.74 Å². The third kappa shape index (κ3) is 11.2. The van der Waals surface area contributed by atoms with Crippen LogP contribution in [0, 0.1) is 0 Å². The van der Waals surface area contributed by atoms with Gasteiger partial charge in [0.2, 0.25) is 0 Å². The van der Waals surface area contributed by atoms with E-state index in [1.165, 1.54) is 57.8 Å². The van der Waals surface area contributed by atoms with Crippen molar-refractivity contribution in [1.82, 2.24) is 0 Å². The minimum atomic E-state index is -0.396. The van der Waals surface area contributed by atoms with Gasteiger partial charge in [-0.3, -0.25) is 0 Å². The summed E-state index contributed by atoms with van der Waals surface area (Å²) in [4.78, 5) is 4.47. The molecule has 0 amide bonds. The van der Waals surface area contributed by atoms with Gasteiger partial charge in [0.15, 0.2) is 5.90 Å². The zero-order valence-electron chi connectivity index (χ0n) is 16.5. The largest absolute Gasteiger partial charge is 0.478 e. The highest BCUT2D eigenvalue weighted by atomic mass is 16.5. The van der Waals surface area contributed by atoms with E-state index in [0.717, 1.165) is 25.2 Å². The van der Waals surface area contributed by atoms with E-state index in [0.29, 0.717) is 6.61 Å². The number of aliphatic hydroxyl groups is 1.